The zero-order chi connectivity index (χ0) is 22.6. The van der Waals surface area contributed by atoms with E-state index in [0.29, 0.717) is 0 Å². The summed E-state index contributed by atoms with van der Waals surface area (Å²) in [5.41, 5.74) is 4.22. The van der Waals surface area contributed by atoms with Crippen molar-refractivity contribution in [3.63, 3.8) is 0 Å². The highest BCUT2D eigenvalue weighted by Crippen LogP contribution is 2.36. The number of aromatic amines is 1. The lowest BCUT2D eigenvalue weighted by atomic mass is 9.72. The molecular formula is C27H30N4O. The van der Waals surface area contributed by atoms with E-state index >= 15 is 0 Å². The monoisotopic (exact) mass is 426 g/mol. The molecule has 1 aromatic heterocycles. The highest BCUT2D eigenvalue weighted by molar-refractivity contribution is 5.99. The summed E-state index contributed by atoms with van der Waals surface area (Å²) < 4.78 is 0. The molecule has 1 saturated heterocycles. The van der Waals surface area contributed by atoms with Crippen molar-refractivity contribution in [1.82, 2.24) is 15.5 Å². The minimum atomic E-state index is -0.562. The van der Waals surface area contributed by atoms with Crippen LogP contribution in [0.15, 0.2) is 60.9 Å². The lowest BCUT2D eigenvalue weighted by Crippen LogP contribution is -2.48. The minimum absolute atomic E-state index is 0.0380. The molecule has 0 unspecified atom stereocenters. The van der Waals surface area contributed by atoms with Gasteiger partial charge in [-0.1, -0.05) is 42.2 Å². The summed E-state index contributed by atoms with van der Waals surface area (Å²) in [6, 6.07) is 16.1. The van der Waals surface area contributed by atoms with Gasteiger partial charge in [-0.05, 0) is 76.0 Å². The molecule has 0 radical (unpaired) electrons. The highest BCUT2D eigenvalue weighted by atomic mass is 16.2. The molecule has 5 nitrogen and oxygen atoms in total. The first-order valence-corrected chi connectivity index (χ1v) is 11.1. The first-order chi connectivity index (χ1) is 15.4. The van der Waals surface area contributed by atoms with Gasteiger partial charge >= 0.3 is 0 Å². The van der Waals surface area contributed by atoms with Gasteiger partial charge in [0.1, 0.15) is 0 Å². The summed E-state index contributed by atoms with van der Waals surface area (Å²) in [7, 11) is 0. The number of carbonyl (C=O) groups excluding carboxylic acids is 1. The maximum atomic E-state index is 13.6. The first-order valence-electron chi connectivity index (χ1n) is 11.1. The molecule has 0 aliphatic carbocycles. The number of aromatic nitrogens is 2. The average molecular weight is 427 g/mol. The van der Waals surface area contributed by atoms with Gasteiger partial charge in [-0.15, -0.1) is 0 Å². The van der Waals surface area contributed by atoms with Gasteiger partial charge in [-0.25, -0.2) is 0 Å². The van der Waals surface area contributed by atoms with Gasteiger partial charge in [0.2, 0.25) is 5.91 Å². The molecule has 4 rings (SSSR count). The fourth-order valence-corrected chi connectivity index (χ4v) is 4.08. The van der Waals surface area contributed by atoms with E-state index in [4.69, 9.17) is 0 Å². The second-order valence-electron chi connectivity index (χ2n) is 9.43. The molecule has 0 atom stereocenters. The summed E-state index contributed by atoms with van der Waals surface area (Å²) in [5.74, 6) is 6.51. The molecule has 1 amide bonds. The van der Waals surface area contributed by atoms with Gasteiger partial charge in [-0.3, -0.25) is 9.89 Å². The number of rotatable bonds is 4. The SMILES string of the molecule is CC(C)(C)C#Cc1cccc(NC(=O)C2(c3ccc(-c4cn[nH]c4)cc3)CCNCC2)c1. The zero-order valence-electron chi connectivity index (χ0n) is 19.0. The minimum Gasteiger partial charge on any atom is -0.325 e. The number of hydrogen-bond acceptors (Lipinski definition) is 3. The topological polar surface area (TPSA) is 69.8 Å². The summed E-state index contributed by atoms with van der Waals surface area (Å²) >= 11 is 0. The molecule has 3 aromatic rings. The molecule has 0 spiro atoms. The Bertz CT molecular complexity index is 1120. The largest absolute Gasteiger partial charge is 0.325 e. The smallest absolute Gasteiger partial charge is 0.235 e. The van der Waals surface area contributed by atoms with E-state index in [2.05, 4.69) is 77.7 Å². The van der Waals surface area contributed by atoms with Crippen LogP contribution in [-0.2, 0) is 10.2 Å². The standard InChI is InChI=1S/C27H30N4O/c1-26(2,3)12-11-20-5-4-6-24(17-20)31-25(32)27(13-15-28-16-14-27)23-9-7-21(8-10-23)22-18-29-30-19-22/h4-10,17-19,28H,13-16H2,1-3H3,(H,29,30)(H,31,32). The quantitative estimate of drug-likeness (QED) is 0.528. The number of carbonyl (C=O) groups is 1. The molecule has 1 fully saturated rings. The fraction of sp³-hybridized carbons (Fsp3) is 0.333. The summed E-state index contributed by atoms with van der Waals surface area (Å²) in [5, 5.41) is 13.4. The van der Waals surface area contributed by atoms with Crippen molar-refractivity contribution in [2.45, 2.75) is 39.0 Å². The van der Waals surface area contributed by atoms with Crippen LogP contribution in [-0.4, -0.2) is 29.2 Å². The van der Waals surface area contributed by atoms with E-state index in [1.54, 1.807) is 6.20 Å². The van der Waals surface area contributed by atoms with Crippen molar-refractivity contribution >= 4 is 11.6 Å². The van der Waals surface area contributed by atoms with E-state index in [1.165, 1.54) is 0 Å². The van der Waals surface area contributed by atoms with E-state index in [-0.39, 0.29) is 11.3 Å². The van der Waals surface area contributed by atoms with Crippen LogP contribution in [0, 0.1) is 17.3 Å². The fourth-order valence-electron chi connectivity index (χ4n) is 4.08. The van der Waals surface area contributed by atoms with Crippen molar-refractivity contribution in [1.29, 1.82) is 0 Å². The van der Waals surface area contributed by atoms with Gasteiger partial charge in [0.15, 0.2) is 0 Å². The van der Waals surface area contributed by atoms with Gasteiger partial charge in [0.25, 0.3) is 0 Å². The van der Waals surface area contributed by atoms with Gasteiger partial charge < -0.3 is 10.6 Å². The third kappa shape index (κ3) is 4.92. The van der Waals surface area contributed by atoms with Crippen LogP contribution in [0.2, 0.25) is 0 Å². The number of H-pyrrole nitrogens is 1. The Morgan fingerprint density at radius 1 is 1.06 bits per heavy atom. The number of piperidine rings is 1. The molecule has 2 heterocycles. The molecule has 164 valence electrons. The molecular weight excluding hydrogens is 396 g/mol. The van der Waals surface area contributed by atoms with Crippen molar-refractivity contribution in [2.75, 3.05) is 18.4 Å². The number of nitrogens with one attached hydrogen (secondary N) is 3. The molecule has 32 heavy (non-hydrogen) atoms. The third-order valence-corrected chi connectivity index (χ3v) is 5.86. The van der Waals surface area contributed by atoms with Gasteiger partial charge in [0, 0.05) is 28.4 Å². The molecule has 3 N–H and O–H groups in total. The van der Waals surface area contributed by atoms with Crippen LogP contribution in [0.4, 0.5) is 5.69 Å². The summed E-state index contributed by atoms with van der Waals surface area (Å²) in [6.45, 7) is 7.89. The van der Waals surface area contributed by atoms with Crippen molar-refractivity contribution in [2.24, 2.45) is 5.41 Å². The number of benzene rings is 2. The summed E-state index contributed by atoms with van der Waals surface area (Å²) in [4.78, 5) is 13.6. The van der Waals surface area contributed by atoms with Gasteiger partial charge in [-0.2, -0.15) is 5.10 Å². The maximum Gasteiger partial charge on any atom is 0.235 e. The number of hydrogen-bond donors (Lipinski definition) is 3. The van der Waals surface area contributed by atoms with Crippen LogP contribution in [0.25, 0.3) is 11.1 Å². The Morgan fingerprint density at radius 3 is 2.47 bits per heavy atom. The molecule has 0 bridgehead atoms. The predicted molar refractivity (Wildman–Crippen MR) is 129 cm³/mol. The lowest BCUT2D eigenvalue weighted by Gasteiger charge is -2.37. The lowest BCUT2D eigenvalue weighted by molar-refractivity contribution is -0.122. The average Bonchev–Trinajstić information content (AvgIpc) is 3.33. The Morgan fingerprint density at radius 2 is 1.81 bits per heavy atom. The molecule has 0 saturated carbocycles. The second-order valence-corrected chi connectivity index (χ2v) is 9.43. The maximum absolute atomic E-state index is 13.6. The van der Waals surface area contributed by atoms with Crippen LogP contribution in [0.1, 0.15) is 44.7 Å². The first kappa shape index (κ1) is 21.9. The summed E-state index contributed by atoms with van der Waals surface area (Å²) in [6.07, 6.45) is 5.19. The Kier molecular flexibility index (Phi) is 6.16. The van der Waals surface area contributed by atoms with Gasteiger partial charge in [0.05, 0.1) is 11.6 Å². The molecule has 5 heteroatoms. The number of anilines is 1. The van der Waals surface area contributed by atoms with E-state index in [0.717, 1.165) is 53.9 Å². The van der Waals surface area contributed by atoms with Crippen molar-refractivity contribution < 1.29 is 4.79 Å². The molecule has 1 aliphatic heterocycles. The van der Waals surface area contributed by atoms with Crippen LogP contribution < -0.4 is 10.6 Å². The van der Waals surface area contributed by atoms with Crippen molar-refractivity contribution in [3.8, 4) is 23.0 Å². The number of nitrogens with zero attached hydrogens (tertiary/aromatic N) is 1. The van der Waals surface area contributed by atoms with E-state index in [1.807, 2.05) is 30.5 Å². The zero-order valence-corrected chi connectivity index (χ0v) is 19.0. The molecule has 2 aromatic carbocycles. The predicted octanol–water partition coefficient (Wildman–Crippen LogP) is 4.73. The van der Waals surface area contributed by atoms with Crippen molar-refractivity contribution in [3.05, 3.63) is 72.1 Å². The third-order valence-electron chi connectivity index (χ3n) is 5.86. The Balaban J connectivity index is 1.59. The second kappa shape index (κ2) is 9.02. The Labute approximate surface area is 190 Å². The normalized spacial score (nSPS) is 15.5. The van der Waals surface area contributed by atoms with E-state index < -0.39 is 5.41 Å². The Hall–Kier alpha value is -3.36. The molecule has 1 aliphatic rings. The van der Waals surface area contributed by atoms with E-state index in [9.17, 15) is 4.79 Å². The van der Waals surface area contributed by atoms with Crippen LogP contribution >= 0.6 is 0 Å². The van der Waals surface area contributed by atoms with Crippen LogP contribution in [0.3, 0.4) is 0 Å². The highest BCUT2D eigenvalue weighted by Gasteiger charge is 2.41. The van der Waals surface area contributed by atoms with Crippen LogP contribution in [0.5, 0.6) is 0 Å². The number of amides is 1.